The summed E-state index contributed by atoms with van der Waals surface area (Å²) < 4.78 is 3.92. The van der Waals surface area contributed by atoms with Crippen LogP contribution in [-0.2, 0) is 17.9 Å². The van der Waals surface area contributed by atoms with Gasteiger partial charge in [0.25, 0.3) is 5.91 Å². The number of rotatable bonds is 6. The van der Waals surface area contributed by atoms with Gasteiger partial charge in [0.2, 0.25) is 0 Å². The Morgan fingerprint density at radius 2 is 1.92 bits per heavy atom. The van der Waals surface area contributed by atoms with Gasteiger partial charge in [-0.25, -0.2) is 4.68 Å². The molecule has 8 nitrogen and oxygen atoms in total. The third-order valence-corrected chi connectivity index (χ3v) is 4.23. The maximum Gasteiger partial charge on any atom is 0.325 e. The van der Waals surface area contributed by atoms with Crippen LogP contribution in [0.2, 0.25) is 0 Å². The summed E-state index contributed by atoms with van der Waals surface area (Å²) in [6.07, 6.45) is 1.38. The van der Waals surface area contributed by atoms with Crippen molar-refractivity contribution in [3.8, 4) is 0 Å². The van der Waals surface area contributed by atoms with Gasteiger partial charge in [-0.15, -0.1) is 0 Å². The molecule has 3 rings (SSSR count). The Hall–Kier alpha value is -2.94. The molecule has 0 aliphatic rings. The standard InChI is InChI=1S/C17H16BrN5O3/c1-11-8-15(21-22(11)9-12-2-4-13(18)5-3-12)20-17(26)14-6-7-19-23(14)10-16(24)25/h2-8H,9-10H2,1H3,(H,24,25)(H,20,21,26). The minimum atomic E-state index is -1.07. The highest BCUT2D eigenvalue weighted by Gasteiger charge is 2.16. The zero-order chi connectivity index (χ0) is 18.7. The van der Waals surface area contributed by atoms with Crippen LogP contribution < -0.4 is 5.32 Å². The lowest BCUT2D eigenvalue weighted by atomic mass is 10.2. The highest BCUT2D eigenvalue weighted by Crippen LogP contribution is 2.15. The number of benzene rings is 1. The van der Waals surface area contributed by atoms with Gasteiger partial charge in [0.1, 0.15) is 12.2 Å². The molecule has 0 bridgehead atoms. The Labute approximate surface area is 157 Å². The van der Waals surface area contributed by atoms with Gasteiger partial charge >= 0.3 is 5.97 Å². The molecule has 0 radical (unpaired) electrons. The van der Waals surface area contributed by atoms with E-state index in [9.17, 15) is 9.59 Å². The highest BCUT2D eigenvalue weighted by molar-refractivity contribution is 9.10. The second kappa shape index (κ2) is 7.52. The van der Waals surface area contributed by atoms with Crippen LogP contribution in [0.4, 0.5) is 5.82 Å². The average Bonchev–Trinajstić information content (AvgIpc) is 3.16. The Kier molecular flexibility index (Phi) is 5.17. The number of anilines is 1. The molecule has 3 aromatic rings. The van der Waals surface area contributed by atoms with Gasteiger partial charge in [-0.1, -0.05) is 28.1 Å². The highest BCUT2D eigenvalue weighted by atomic mass is 79.9. The van der Waals surface area contributed by atoms with E-state index in [0.717, 1.165) is 20.4 Å². The average molecular weight is 418 g/mol. The van der Waals surface area contributed by atoms with Crippen LogP contribution in [-0.4, -0.2) is 36.5 Å². The van der Waals surface area contributed by atoms with Crippen LogP contribution in [0.3, 0.4) is 0 Å². The third-order valence-electron chi connectivity index (χ3n) is 3.70. The van der Waals surface area contributed by atoms with E-state index in [1.807, 2.05) is 31.2 Å². The van der Waals surface area contributed by atoms with E-state index in [1.54, 1.807) is 10.7 Å². The Balaban J connectivity index is 1.73. The Morgan fingerprint density at radius 1 is 1.19 bits per heavy atom. The van der Waals surface area contributed by atoms with E-state index in [2.05, 4.69) is 31.4 Å². The fourth-order valence-corrected chi connectivity index (χ4v) is 2.72. The first-order valence-corrected chi connectivity index (χ1v) is 8.55. The molecule has 9 heteroatoms. The van der Waals surface area contributed by atoms with E-state index in [4.69, 9.17) is 5.11 Å². The molecule has 1 amide bonds. The molecule has 1 aromatic carbocycles. The van der Waals surface area contributed by atoms with E-state index in [-0.39, 0.29) is 12.2 Å². The van der Waals surface area contributed by atoms with E-state index in [0.29, 0.717) is 12.4 Å². The minimum Gasteiger partial charge on any atom is -0.480 e. The molecule has 0 aliphatic heterocycles. The van der Waals surface area contributed by atoms with Gasteiger partial charge in [-0.3, -0.25) is 14.3 Å². The van der Waals surface area contributed by atoms with Crippen LogP contribution in [0.25, 0.3) is 0 Å². The van der Waals surface area contributed by atoms with Crippen molar-refractivity contribution in [1.29, 1.82) is 0 Å². The number of hydrogen-bond acceptors (Lipinski definition) is 4. The van der Waals surface area contributed by atoms with E-state index < -0.39 is 11.9 Å². The number of halogens is 1. The molecule has 2 N–H and O–H groups in total. The fourth-order valence-electron chi connectivity index (χ4n) is 2.45. The molecular weight excluding hydrogens is 402 g/mol. The first-order chi connectivity index (χ1) is 12.4. The summed E-state index contributed by atoms with van der Waals surface area (Å²) in [7, 11) is 0. The summed E-state index contributed by atoms with van der Waals surface area (Å²) in [5.41, 5.74) is 2.13. The maximum absolute atomic E-state index is 12.4. The van der Waals surface area contributed by atoms with Crippen molar-refractivity contribution in [2.75, 3.05) is 5.32 Å². The number of carbonyl (C=O) groups excluding carboxylic acids is 1. The zero-order valence-corrected chi connectivity index (χ0v) is 15.5. The van der Waals surface area contributed by atoms with Crippen LogP contribution in [0.15, 0.2) is 47.1 Å². The minimum absolute atomic E-state index is 0.160. The summed E-state index contributed by atoms with van der Waals surface area (Å²) in [6, 6.07) is 11.1. The Morgan fingerprint density at radius 3 is 2.62 bits per heavy atom. The summed E-state index contributed by atoms with van der Waals surface area (Å²) in [4.78, 5) is 23.2. The van der Waals surface area contributed by atoms with E-state index >= 15 is 0 Å². The number of carboxylic acids is 1. The first-order valence-electron chi connectivity index (χ1n) is 7.76. The van der Waals surface area contributed by atoms with E-state index in [1.165, 1.54) is 12.3 Å². The van der Waals surface area contributed by atoms with Gasteiger partial charge in [0.15, 0.2) is 5.82 Å². The lowest BCUT2D eigenvalue weighted by Crippen LogP contribution is -2.21. The molecular formula is C17H16BrN5O3. The van der Waals surface area contributed by atoms with Crippen molar-refractivity contribution in [2.45, 2.75) is 20.0 Å². The third kappa shape index (κ3) is 4.17. The largest absolute Gasteiger partial charge is 0.480 e. The SMILES string of the molecule is Cc1cc(NC(=O)c2ccnn2CC(=O)O)nn1Cc1ccc(Br)cc1. The monoisotopic (exact) mass is 417 g/mol. The lowest BCUT2D eigenvalue weighted by Gasteiger charge is -2.05. The normalized spacial score (nSPS) is 10.7. The number of carbonyl (C=O) groups is 2. The lowest BCUT2D eigenvalue weighted by molar-refractivity contribution is -0.137. The summed E-state index contributed by atoms with van der Waals surface area (Å²) in [5, 5.41) is 19.8. The molecule has 0 saturated heterocycles. The summed E-state index contributed by atoms with van der Waals surface area (Å²) in [6.45, 7) is 2.09. The first kappa shape index (κ1) is 17.9. The number of nitrogens with zero attached hydrogens (tertiary/aromatic N) is 4. The van der Waals surface area contributed by atoms with Crippen molar-refractivity contribution < 1.29 is 14.7 Å². The molecule has 0 saturated carbocycles. The van der Waals surface area contributed by atoms with Crippen LogP contribution >= 0.6 is 15.9 Å². The Bertz CT molecular complexity index is 946. The molecule has 0 aliphatic carbocycles. The molecule has 2 aromatic heterocycles. The van der Waals surface area contributed by atoms with Crippen molar-refractivity contribution >= 4 is 33.6 Å². The van der Waals surface area contributed by atoms with Gasteiger partial charge in [0, 0.05) is 22.4 Å². The molecule has 0 atom stereocenters. The zero-order valence-electron chi connectivity index (χ0n) is 13.9. The van der Waals surface area contributed by atoms with Crippen LogP contribution in [0.1, 0.15) is 21.7 Å². The number of nitrogens with one attached hydrogen (secondary N) is 1. The van der Waals surface area contributed by atoms with Gasteiger partial charge in [-0.05, 0) is 30.7 Å². The van der Waals surface area contributed by atoms with Crippen molar-refractivity contribution in [3.05, 3.63) is 64.0 Å². The predicted molar refractivity (Wildman–Crippen MR) is 98.0 cm³/mol. The molecule has 134 valence electrons. The van der Waals surface area contributed by atoms with Crippen molar-refractivity contribution in [2.24, 2.45) is 0 Å². The smallest absolute Gasteiger partial charge is 0.325 e. The number of aryl methyl sites for hydroxylation is 1. The van der Waals surface area contributed by atoms with Crippen LogP contribution in [0, 0.1) is 6.92 Å². The molecule has 0 unspecified atom stereocenters. The number of aliphatic carboxylic acids is 1. The number of amides is 1. The summed E-state index contributed by atoms with van der Waals surface area (Å²) >= 11 is 3.40. The van der Waals surface area contributed by atoms with Crippen molar-refractivity contribution in [1.82, 2.24) is 19.6 Å². The molecule has 2 heterocycles. The number of carboxylic acid groups (broad SMARTS) is 1. The van der Waals surface area contributed by atoms with Gasteiger partial charge < -0.3 is 10.4 Å². The molecule has 0 fully saturated rings. The topological polar surface area (TPSA) is 102 Å². The molecule has 26 heavy (non-hydrogen) atoms. The number of hydrogen-bond donors (Lipinski definition) is 2. The van der Waals surface area contributed by atoms with Crippen molar-refractivity contribution in [3.63, 3.8) is 0 Å². The second-order valence-corrected chi connectivity index (χ2v) is 6.59. The maximum atomic E-state index is 12.4. The number of aromatic nitrogens is 4. The summed E-state index contributed by atoms with van der Waals surface area (Å²) in [5.74, 6) is -1.14. The van der Waals surface area contributed by atoms with Gasteiger partial charge in [-0.2, -0.15) is 10.2 Å². The predicted octanol–water partition coefficient (Wildman–Crippen LogP) is 2.54. The van der Waals surface area contributed by atoms with Gasteiger partial charge in [0.05, 0.1) is 6.54 Å². The molecule has 0 spiro atoms. The quantitative estimate of drug-likeness (QED) is 0.641. The second-order valence-electron chi connectivity index (χ2n) is 5.68. The fraction of sp³-hybridized carbons (Fsp3) is 0.176. The van der Waals surface area contributed by atoms with Crippen LogP contribution in [0.5, 0.6) is 0 Å².